The Morgan fingerprint density at radius 3 is 2.73 bits per heavy atom. The largest absolute Gasteiger partial charge is 0.486 e. The van der Waals surface area contributed by atoms with Crippen molar-refractivity contribution < 1.29 is 19.3 Å². The van der Waals surface area contributed by atoms with E-state index in [1.54, 1.807) is 0 Å². The maximum Gasteiger partial charge on any atom is 0.176 e. The van der Waals surface area contributed by atoms with E-state index in [2.05, 4.69) is 18.3 Å². The number of carbonyl (C=O) groups is 1. The zero-order valence-corrected chi connectivity index (χ0v) is 15.9. The normalized spacial score (nSPS) is 19.5. The van der Waals surface area contributed by atoms with E-state index in [0.717, 1.165) is 12.8 Å². The molecule has 0 amide bonds. The number of ether oxygens (including phenoxy) is 1. The minimum atomic E-state index is -0.157. The molecule has 5 nitrogen and oxygen atoms in total. The molecular formula is C21H29NO4. The van der Waals surface area contributed by atoms with Gasteiger partial charge in [0.1, 0.15) is 19.1 Å². The highest BCUT2D eigenvalue weighted by atomic mass is 17.2. The first kappa shape index (κ1) is 20.4. The molecule has 2 unspecified atom stereocenters. The molecule has 0 radical (unpaired) electrons. The summed E-state index contributed by atoms with van der Waals surface area (Å²) in [6.45, 7) is 7.03. The molecule has 0 aromatic heterocycles. The molecule has 1 aromatic carbocycles. The molecule has 0 spiro atoms. The van der Waals surface area contributed by atoms with Crippen molar-refractivity contribution in [3.63, 3.8) is 0 Å². The van der Waals surface area contributed by atoms with Crippen LogP contribution < -0.4 is 10.1 Å². The molecule has 1 aliphatic heterocycles. The number of hydrogen-bond acceptors (Lipinski definition) is 5. The third-order valence-corrected chi connectivity index (χ3v) is 4.46. The lowest BCUT2D eigenvalue weighted by Crippen LogP contribution is -2.41. The monoisotopic (exact) mass is 359 g/mol. The van der Waals surface area contributed by atoms with E-state index in [0.29, 0.717) is 19.1 Å². The van der Waals surface area contributed by atoms with Crippen molar-refractivity contribution in [3.8, 4) is 5.75 Å². The Morgan fingerprint density at radius 1 is 1.35 bits per heavy atom. The topological polar surface area (TPSA) is 56.8 Å². The first-order chi connectivity index (χ1) is 12.6. The van der Waals surface area contributed by atoms with Crippen LogP contribution in [0.5, 0.6) is 5.75 Å². The maximum atomic E-state index is 12.2. The van der Waals surface area contributed by atoms with Crippen LogP contribution in [-0.4, -0.2) is 31.8 Å². The minimum Gasteiger partial charge on any atom is -0.486 e. The van der Waals surface area contributed by atoms with Gasteiger partial charge in [-0.3, -0.25) is 10.1 Å². The highest BCUT2D eigenvalue weighted by Gasteiger charge is 2.14. The minimum absolute atomic E-state index is 0.0698. The first-order valence-corrected chi connectivity index (χ1v) is 9.18. The molecule has 0 aliphatic carbocycles. The van der Waals surface area contributed by atoms with Gasteiger partial charge in [-0.05, 0) is 37.5 Å². The van der Waals surface area contributed by atoms with E-state index in [-0.39, 0.29) is 24.3 Å². The zero-order valence-electron chi connectivity index (χ0n) is 15.9. The first-order valence-electron chi connectivity index (χ1n) is 9.18. The van der Waals surface area contributed by atoms with Gasteiger partial charge in [-0.15, -0.1) is 0 Å². The fraction of sp³-hybridized carbons (Fsp3) is 0.476. The molecule has 5 heteroatoms. The summed E-state index contributed by atoms with van der Waals surface area (Å²) in [4.78, 5) is 22.0. The molecule has 0 saturated carbocycles. The molecule has 1 aromatic rings. The molecule has 26 heavy (non-hydrogen) atoms. The Balaban J connectivity index is 1.78. The predicted octanol–water partition coefficient (Wildman–Crippen LogP) is 3.60. The molecule has 1 aliphatic rings. The van der Waals surface area contributed by atoms with Gasteiger partial charge in [0.2, 0.25) is 0 Å². The van der Waals surface area contributed by atoms with E-state index in [4.69, 9.17) is 14.5 Å². The van der Waals surface area contributed by atoms with Crippen LogP contribution in [0.25, 0.3) is 0 Å². The van der Waals surface area contributed by atoms with Crippen LogP contribution in [-0.2, 0) is 21.0 Å². The molecule has 1 saturated heterocycles. The number of nitrogens with one attached hydrogen (secondary N) is 1. The molecule has 0 bridgehead atoms. The average molecular weight is 359 g/mol. The summed E-state index contributed by atoms with van der Waals surface area (Å²) in [5.41, 5.74) is 2.41. The highest BCUT2D eigenvalue weighted by Crippen LogP contribution is 2.15. The Kier molecular flexibility index (Phi) is 8.54. The van der Waals surface area contributed by atoms with Gasteiger partial charge in [0, 0.05) is 12.0 Å². The second-order valence-electron chi connectivity index (χ2n) is 6.42. The quantitative estimate of drug-likeness (QED) is 0.539. The van der Waals surface area contributed by atoms with Crippen molar-refractivity contribution in [2.75, 3.05) is 19.9 Å². The summed E-state index contributed by atoms with van der Waals surface area (Å²) in [5, 5.41) is 3.23. The number of Topliss-reactive ketones (excluding diaryl/α,β-unsaturated/α-hetero) is 1. The number of hydrogen-bond donors (Lipinski definition) is 1. The van der Waals surface area contributed by atoms with Crippen molar-refractivity contribution in [2.45, 2.75) is 39.7 Å². The lowest BCUT2D eigenvalue weighted by molar-refractivity contribution is -0.324. The zero-order chi connectivity index (χ0) is 18.8. The van der Waals surface area contributed by atoms with Gasteiger partial charge in [-0.1, -0.05) is 49.8 Å². The van der Waals surface area contributed by atoms with Crippen LogP contribution in [0.1, 0.15) is 32.8 Å². The van der Waals surface area contributed by atoms with Crippen LogP contribution in [0, 0.1) is 5.92 Å². The summed E-state index contributed by atoms with van der Waals surface area (Å²) in [6, 6.07) is 8.07. The van der Waals surface area contributed by atoms with E-state index in [1.807, 2.05) is 50.3 Å². The van der Waals surface area contributed by atoms with Crippen molar-refractivity contribution in [1.82, 2.24) is 5.32 Å². The van der Waals surface area contributed by atoms with Gasteiger partial charge in [-0.2, -0.15) is 0 Å². The molecular weight excluding hydrogens is 330 g/mol. The van der Waals surface area contributed by atoms with Crippen molar-refractivity contribution in [2.24, 2.45) is 5.92 Å². The van der Waals surface area contributed by atoms with E-state index >= 15 is 0 Å². The van der Waals surface area contributed by atoms with Crippen LogP contribution in [0.3, 0.4) is 0 Å². The van der Waals surface area contributed by atoms with Gasteiger partial charge < -0.3 is 4.74 Å². The van der Waals surface area contributed by atoms with Gasteiger partial charge in [-0.25, -0.2) is 9.78 Å². The van der Waals surface area contributed by atoms with Crippen molar-refractivity contribution in [3.05, 3.63) is 53.6 Å². The molecule has 2 rings (SSSR count). The summed E-state index contributed by atoms with van der Waals surface area (Å²) in [6.07, 6.45) is 7.84. The van der Waals surface area contributed by atoms with E-state index in [9.17, 15) is 4.79 Å². The number of rotatable bonds is 9. The predicted molar refractivity (Wildman–Crippen MR) is 102 cm³/mol. The standard InChI is InChI=1S/C21H29NO4/c1-4-17(5-2)7-6-16(3)21(23)14-24-20-10-8-18(9-11-20)12-19-13-25-26-15-22-19/h4,6-11,16,19,22H,5,12-15H2,1-3H3/b7-6-,17-4-. The van der Waals surface area contributed by atoms with Crippen LogP contribution in [0.15, 0.2) is 48.1 Å². The summed E-state index contributed by atoms with van der Waals surface area (Å²) in [7, 11) is 0. The summed E-state index contributed by atoms with van der Waals surface area (Å²) < 4.78 is 5.64. The van der Waals surface area contributed by atoms with Crippen LogP contribution in [0.2, 0.25) is 0 Å². The van der Waals surface area contributed by atoms with Crippen molar-refractivity contribution >= 4 is 5.78 Å². The second kappa shape index (κ2) is 10.9. The molecule has 1 heterocycles. The highest BCUT2D eigenvalue weighted by molar-refractivity contribution is 5.83. The number of carbonyl (C=O) groups excluding carboxylic acids is 1. The second-order valence-corrected chi connectivity index (χ2v) is 6.42. The van der Waals surface area contributed by atoms with E-state index in [1.165, 1.54) is 11.1 Å². The fourth-order valence-electron chi connectivity index (χ4n) is 2.60. The van der Waals surface area contributed by atoms with Gasteiger partial charge in [0.15, 0.2) is 5.78 Å². The Hall–Kier alpha value is -1.95. The Labute approximate surface area is 156 Å². The average Bonchev–Trinajstić information content (AvgIpc) is 2.68. The smallest absolute Gasteiger partial charge is 0.176 e. The molecule has 2 atom stereocenters. The third-order valence-electron chi connectivity index (χ3n) is 4.46. The van der Waals surface area contributed by atoms with Crippen LogP contribution in [0.4, 0.5) is 0 Å². The SMILES string of the molecule is C/C=C(\C=C/C(C)C(=O)COc1ccc(CC2COOCN2)cc1)CC. The van der Waals surface area contributed by atoms with Crippen LogP contribution >= 0.6 is 0 Å². The molecule has 1 N–H and O–H groups in total. The maximum absolute atomic E-state index is 12.2. The lowest BCUT2D eigenvalue weighted by Gasteiger charge is -2.22. The number of ketones is 1. The van der Waals surface area contributed by atoms with Gasteiger partial charge in [0.05, 0.1) is 6.61 Å². The van der Waals surface area contributed by atoms with Crippen molar-refractivity contribution in [1.29, 1.82) is 0 Å². The summed E-state index contributed by atoms with van der Waals surface area (Å²) >= 11 is 0. The third kappa shape index (κ3) is 6.75. The Bertz CT molecular complexity index is 615. The number of allylic oxidation sites excluding steroid dienone is 4. The fourth-order valence-corrected chi connectivity index (χ4v) is 2.60. The summed E-state index contributed by atoms with van der Waals surface area (Å²) in [5.74, 6) is 0.618. The Morgan fingerprint density at radius 2 is 2.12 bits per heavy atom. The van der Waals surface area contributed by atoms with Gasteiger partial charge in [0.25, 0.3) is 0 Å². The number of benzene rings is 1. The van der Waals surface area contributed by atoms with E-state index < -0.39 is 0 Å². The van der Waals surface area contributed by atoms with Gasteiger partial charge >= 0.3 is 0 Å². The molecule has 142 valence electrons. The molecule has 1 fully saturated rings. The lowest BCUT2D eigenvalue weighted by atomic mass is 10.0.